The van der Waals surface area contributed by atoms with Crippen LogP contribution >= 0.6 is 0 Å². The zero-order valence-electron chi connectivity index (χ0n) is 15.4. The molecule has 1 aliphatic rings. The number of nitrogens with zero attached hydrogens (tertiary/aromatic N) is 4. The number of aryl methyl sites for hydroxylation is 2. The Balaban J connectivity index is 1.59. The van der Waals surface area contributed by atoms with Crippen LogP contribution in [0, 0.1) is 13.8 Å². The lowest BCUT2D eigenvalue weighted by Crippen LogP contribution is -2.39. The summed E-state index contributed by atoms with van der Waals surface area (Å²) in [5.41, 5.74) is 1.91. The van der Waals surface area contributed by atoms with Gasteiger partial charge >= 0.3 is 0 Å². The number of carbonyl (C=O) groups excluding carboxylic acids is 1. The topological polar surface area (TPSA) is 85.3 Å². The average molecular weight is 346 g/mol. The second-order valence-electron chi connectivity index (χ2n) is 7.13. The molecule has 2 aromatic rings. The predicted octanol–water partition coefficient (Wildman–Crippen LogP) is 3.14. The quantitative estimate of drug-likeness (QED) is 0.827. The van der Waals surface area contributed by atoms with Crippen molar-refractivity contribution in [2.24, 2.45) is 0 Å². The highest BCUT2D eigenvalue weighted by atomic mass is 16.5. The van der Waals surface area contributed by atoms with E-state index in [-0.39, 0.29) is 17.7 Å². The van der Waals surface area contributed by atoms with Gasteiger partial charge in [-0.25, -0.2) is 0 Å². The first-order valence-electron chi connectivity index (χ1n) is 8.98. The molecular weight excluding hydrogens is 320 g/mol. The normalized spacial score (nSPS) is 18.1. The van der Waals surface area contributed by atoms with Gasteiger partial charge in [0.25, 0.3) is 0 Å². The molecule has 1 saturated heterocycles. The van der Waals surface area contributed by atoms with E-state index in [1.54, 1.807) is 0 Å². The maximum Gasteiger partial charge on any atom is 0.229 e. The Labute approximate surface area is 147 Å². The summed E-state index contributed by atoms with van der Waals surface area (Å²) in [5.74, 6) is 2.74. The van der Waals surface area contributed by atoms with Crippen molar-refractivity contribution < 1.29 is 13.8 Å². The number of hydrogen-bond donors (Lipinski definition) is 0. The predicted molar refractivity (Wildman–Crippen MR) is 91.2 cm³/mol. The van der Waals surface area contributed by atoms with Crippen molar-refractivity contribution in [3.63, 3.8) is 0 Å². The van der Waals surface area contributed by atoms with Gasteiger partial charge in [-0.15, -0.1) is 0 Å². The van der Waals surface area contributed by atoms with Crippen molar-refractivity contribution >= 4 is 5.91 Å². The zero-order valence-corrected chi connectivity index (χ0v) is 15.4. The van der Waals surface area contributed by atoms with Crippen LogP contribution in [-0.4, -0.2) is 39.2 Å². The van der Waals surface area contributed by atoms with E-state index in [9.17, 15) is 4.79 Å². The van der Waals surface area contributed by atoms with Crippen LogP contribution in [0.1, 0.15) is 73.7 Å². The minimum atomic E-state index is 0.160. The Hall–Kier alpha value is -2.18. The molecule has 0 bridgehead atoms. The summed E-state index contributed by atoms with van der Waals surface area (Å²) in [7, 11) is 0. The van der Waals surface area contributed by atoms with Gasteiger partial charge in [0.15, 0.2) is 5.82 Å². The Morgan fingerprint density at radius 2 is 2.08 bits per heavy atom. The molecule has 3 rings (SSSR count). The Kier molecular flexibility index (Phi) is 5.20. The minimum Gasteiger partial charge on any atom is -0.361 e. The van der Waals surface area contributed by atoms with Gasteiger partial charge in [-0.1, -0.05) is 24.2 Å². The van der Waals surface area contributed by atoms with Crippen molar-refractivity contribution in [2.45, 2.75) is 65.2 Å². The van der Waals surface area contributed by atoms with Crippen LogP contribution in [0.3, 0.4) is 0 Å². The van der Waals surface area contributed by atoms with Crippen molar-refractivity contribution in [1.82, 2.24) is 20.2 Å². The molecule has 0 saturated carbocycles. The van der Waals surface area contributed by atoms with Gasteiger partial charge in [0.2, 0.25) is 11.8 Å². The molecule has 7 nitrogen and oxygen atoms in total. The van der Waals surface area contributed by atoms with Crippen molar-refractivity contribution in [2.75, 3.05) is 13.1 Å². The number of piperidine rings is 1. The maximum atomic E-state index is 12.6. The number of rotatable bonds is 5. The van der Waals surface area contributed by atoms with Crippen LogP contribution in [-0.2, 0) is 11.2 Å². The van der Waals surface area contributed by atoms with Crippen LogP contribution < -0.4 is 0 Å². The fourth-order valence-electron chi connectivity index (χ4n) is 3.31. The minimum absolute atomic E-state index is 0.160. The van der Waals surface area contributed by atoms with Crippen molar-refractivity contribution in [3.05, 3.63) is 28.7 Å². The van der Waals surface area contributed by atoms with Crippen molar-refractivity contribution in [1.29, 1.82) is 0 Å². The largest absolute Gasteiger partial charge is 0.361 e. The molecule has 0 unspecified atom stereocenters. The summed E-state index contributed by atoms with van der Waals surface area (Å²) in [4.78, 5) is 19.0. The first-order chi connectivity index (χ1) is 12.0. The third kappa shape index (κ3) is 3.91. The van der Waals surface area contributed by atoms with Crippen LogP contribution in [0.5, 0.6) is 0 Å². The smallest absolute Gasteiger partial charge is 0.229 e. The van der Waals surface area contributed by atoms with E-state index in [0.717, 1.165) is 42.2 Å². The summed E-state index contributed by atoms with van der Waals surface area (Å²) < 4.78 is 10.5. The summed E-state index contributed by atoms with van der Waals surface area (Å²) in [6.07, 6.45) is 3.10. The molecule has 2 aromatic heterocycles. The summed E-state index contributed by atoms with van der Waals surface area (Å²) in [5, 5.41) is 8.07. The molecule has 1 atom stereocenters. The van der Waals surface area contributed by atoms with Crippen LogP contribution in [0.4, 0.5) is 0 Å². The fraction of sp³-hybridized carbons (Fsp3) is 0.667. The molecule has 0 N–H and O–H groups in total. The number of aromatic nitrogens is 3. The van der Waals surface area contributed by atoms with Gasteiger partial charge in [-0.05, 0) is 33.1 Å². The fourth-order valence-corrected chi connectivity index (χ4v) is 3.31. The molecule has 25 heavy (non-hydrogen) atoms. The van der Waals surface area contributed by atoms with Crippen LogP contribution in [0.15, 0.2) is 9.05 Å². The van der Waals surface area contributed by atoms with E-state index in [2.05, 4.69) is 15.3 Å². The Morgan fingerprint density at radius 3 is 2.72 bits per heavy atom. The number of carbonyl (C=O) groups is 1. The van der Waals surface area contributed by atoms with Crippen LogP contribution in [0.25, 0.3) is 0 Å². The van der Waals surface area contributed by atoms with E-state index < -0.39 is 0 Å². The molecule has 1 fully saturated rings. The maximum absolute atomic E-state index is 12.6. The lowest BCUT2D eigenvalue weighted by atomic mass is 9.96. The van der Waals surface area contributed by atoms with E-state index >= 15 is 0 Å². The van der Waals surface area contributed by atoms with E-state index in [4.69, 9.17) is 9.05 Å². The monoisotopic (exact) mass is 346 g/mol. The molecule has 0 aromatic carbocycles. The summed E-state index contributed by atoms with van der Waals surface area (Å²) in [6, 6.07) is 0. The number of likely N-dealkylation sites (tertiary alicyclic amines) is 1. The van der Waals surface area contributed by atoms with Gasteiger partial charge in [-0.3, -0.25) is 4.79 Å². The van der Waals surface area contributed by atoms with Gasteiger partial charge in [-0.2, -0.15) is 4.98 Å². The molecule has 1 aliphatic heterocycles. The van der Waals surface area contributed by atoms with Gasteiger partial charge < -0.3 is 13.9 Å². The summed E-state index contributed by atoms with van der Waals surface area (Å²) in [6.45, 7) is 9.32. The van der Waals surface area contributed by atoms with Gasteiger partial charge in [0.05, 0.1) is 5.69 Å². The van der Waals surface area contributed by atoms with Crippen LogP contribution in [0.2, 0.25) is 0 Å². The standard InChI is InChI=1S/C18H26N4O3/c1-11(2)18-19-17(21-25-18)14-6-5-9-22(10-14)16(23)8-7-15-12(3)20-24-13(15)4/h11,14H,5-10H2,1-4H3/t14-/m0/s1. The third-order valence-corrected chi connectivity index (χ3v) is 4.86. The Bertz CT molecular complexity index is 715. The highest BCUT2D eigenvalue weighted by Gasteiger charge is 2.28. The van der Waals surface area contributed by atoms with E-state index in [0.29, 0.717) is 25.3 Å². The molecular formula is C18H26N4O3. The second kappa shape index (κ2) is 7.37. The molecule has 1 amide bonds. The van der Waals surface area contributed by atoms with Gasteiger partial charge in [0, 0.05) is 36.9 Å². The third-order valence-electron chi connectivity index (χ3n) is 4.86. The highest BCUT2D eigenvalue weighted by Crippen LogP contribution is 2.27. The van der Waals surface area contributed by atoms with Crippen molar-refractivity contribution in [3.8, 4) is 0 Å². The zero-order chi connectivity index (χ0) is 18.0. The lowest BCUT2D eigenvalue weighted by Gasteiger charge is -2.31. The number of hydrogen-bond acceptors (Lipinski definition) is 6. The molecule has 0 aliphatic carbocycles. The highest BCUT2D eigenvalue weighted by molar-refractivity contribution is 5.76. The number of amides is 1. The Morgan fingerprint density at radius 1 is 1.28 bits per heavy atom. The lowest BCUT2D eigenvalue weighted by molar-refractivity contribution is -0.132. The summed E-state index contributed by atoms with van der Waals surface area (Å²) >= 11 is 0. The SMILES string of the molecule is Cc1noc(C)c1CCC(=O)N1CCC[C@H](c2noc(C(C)C)n2)C1. The van der Waals surface area contributed by atoms with E-state index in [1.807, 2.05) is 32.6 Å². The van der Waals surface area contributed by atoms with E-state index in [1.165, 1.54) is 0 Å². The second-order valence-corrected chi connectivity index (χ2v) is 7.13. The molecule has 7 heteroatoms. The first-order valence-corrected chi connectivity index (χ1v) is 8.98. The molecule has 136 valence electrons. The molecule has 0 radical (unpaired) electrons. The molecule has 0 spiro atoms. The average Bonchev–Trinajstić information content (AvgIpc) is 3.21. The molecule has 3 heterocycles. The first kappa shape index (κ1) is 17.6. The van der Waals surface area contributed by atoms with Gasteiger partial charge in [0.1, 0.15) is 5.76 Å².